The second kappa shape index (κ2) is 7.82. The molecule has 1 atom stereocenters. The summed E-state index contributed by atoms with van der Waals surface area (Å²) < 4.78 is 5.28. The normalized spacial score (nSPS) is 16.1. The van der Waals surface area contributed by atoms with Crippen LogP contribution in [0.1, 0.15) is 38.2 Å². The van der Waals surface area contributed by atoms with E-state index in [0.29, 0.717) is 6.54 Å². The van der Waals surface area contributed by atoms with Gasteiger partial charge >= 0.3 is 0 Å². The first-order valence-corrected chi connectivity index (χ1v) is 7.78. The van der Waals surface area contributed by atoms with Gasteiger partial charge in [-0.1, -0.05) is 31.0 Å². The number of hydrogen-bond acceptors (Lipinski definition) is 3. The fourth-order valence-electron chi connectivity index (χ4n) is 3.05. The van der Waals surface area contributed by atoms with E-state index in [0.717, 1.165) is 37.0 Å². The van der Waals surface area contributed by atoms with E-state index < -0.39 is 6.04 Å². The lowest BCUT2D eigenvalue weighted by Gasteiger charge is -2.23. The van der Waals surface area contributed by atoms with E-state index in [1.807, 2.05) is 24.3 Å². The molecule has 0 bridgehead atoms. The summed E-state index contributed by atoms with van der Waals surface area (Å²) in [6.45, 7) is 1.85. The molecule has 0 aromatic heterocycles. The summed E-state index contributed by atoms with van der Waals surface area (Å²) >= 11 is 0. The molecule has 0 spiro atoms. The van der Waals surface area contributed by atoms with Crippen molar-refractivity contribution in [2.75, 3.05) is 7.11 Å². The molecule has 1 saturated carbocycles. The third kappa shape index (κ3) is 4.23. The van der Waals surface area contributed by atoms with Crippen molar-refractivity contribution in [3.8, 4) is 5.75 Å². The zero-order valence-electron chi connectivity index (χ0n) is 13.2. The largest absolute Gasteiger partial charge is 0.496 e. The van der Waals surface area contributed by atoms with Gasteiger partial charge < -0.3 is 15.4 Å². The molecule has 1 unspecified atom stereocenters. The number of ether oxygens (including phenoxy) is 1. The summed E-state index contributed by atoms with van der Waals surface area (Å²) in [5.74, 6) is 0.707. The van der Waals surface area contributed by atoms with Gasteiger partial charge in [-0.3, -0.25) is 9.59 Å². The molecule has 1 aromatic rings. The monoisotopic (exact) mass is 304 g/mol. The second-order valence-corrected chi connectivity index (χ2v) is 5.75. The molecule has 5 heteroatoms. The van der Waals surface area contributed by atoms with E-state index in [2.05, 4.69) is 10.6 Å². The minimum absolute atomic E-state index is 0.118. The minimum Gasteiger partial charge on any atom is -0.496 e. The van der Waals surface area contributed by atoms with Crippen LogP contribution in [0, 0.1) is 5.92 Å². The highest BCUT2D eigenvalue weighted by Crippen LogP contribution is 2.28. The molecule has 1 aromatic carbocycles. The van der Waals surface area contributed by atoms with Gasteiger partial charge in [-0.2, -0.15) is 0 Å². The maximum absolute atomic E-state index is 12.5. The Morgan fingerprint density at radius 1 is 1.27 bits per heavy atom. The first-order chi connectivity index (χ1) is 10.6. The molecule has 120 valence electrons. The van der Waals surface area contributed by atoms with Crippen LogP contribution < -0.4 is 15.4 Å². The van der Waals surface area contributed by atoms with Gasteiger partial charge in [0.05, 0.1) is 7.11 Å². The quantitative estimate of drug-likeness (QED) is 0.845. The van der Waals surface area contributed by atoms with Crippen LogP contribution in [0.5, 0.6) is 5.75 Å². The number of nitrogens with one attached hydrogen (secondary N) is 2. The van der Waals surface area contributed by atoms with Gasteiger partial charge in [-0.15, -0.1) is 0 Å². The van der Waals surface area contributed by atoms with E-state index in [4.69, 9.17) is 4.74 Å². The summed E-state index contributed by atoms with van der Waals surface area (Å²) in [6.07, 6.45) is 4.24. The highest BCUT2D eigenvalue weighted by Gasteiger charge is 2.31. The first-order valence-electron chi connectivity index (χ1n) is 7.78. The lowest BCUT2D eigenvalue weighted by atomic mass is 9.97. The first kappa shape index (κ1) is 16.3. The summed E-state index contributed by atoms with van der Waals surface area (Å²) in [7, 11) is 1.61. The number of carbonyl (C=O) groups excluding carboxylic acids is 2. The topological polar surface area (TPSA) is 67.4 Å². The van der Waals surface area contributed by atoms with Crippen molar-refractivity contribution >= 4 is 11.8 Å². The third-order valence-corrected chi connectivity index (χ3v) is 4.16. The number of hydrogen-bond donors (Lipinski definition) is 2. The van der Waals surface area contributed by atoms with E-state index in [-0.39, 0.29) is 17.7 Å². The zero-order valence-corrected chi connectivity index (χ0v) is 13.2. The molecule has 0 radical (unpaired) electrons. The van der Waals surface area contributed by atoms with Crippen molar-refractivity contribution in [3.63, 3.8) is 0 Å². The molecule has 0 saturated heterocycles. The number of amides is 2. The van der Waals surface area contributed by atoms with Crippen LogP contribution in [0.4, 0.5) is 0 Å². The number of rotatable bonds is 6. The number of methoxy groups -OCH3 is 1. The highest BCUT2D eigenvalue weighted by atomic mass is 16.5. The summed E-state index contributed by atoms with van der Waals surface area (Å²) in [4.78, 5) is 23.9. The van der Waals surface area contributed by atoms with Crippen molar-refractivity contribution in [2.45, 2.75) is 45.2 Å². The Bertz CT molecular complexity index is 524. The predicted octanol–water partition coefficient (Wildman–Crippen LogP) is 2.01. The molecular formula is C17H24N2O3. The SMILES string of the molecule is COc1ccccc1CNC(=O)C(NC(C)=O)C1CCCC1. The molecule has 2 rings (SSSR count). The van der Waals surface area contributed by atoms with Crippen LogP contribution >= 0.6 is 0 Å². The Kier molecular flexibility index (Phi) is 5.81. The van der Waals surface area contributed by atoms with Gasteiger partial charge in [0.1, 0.15) is 11.8 Å². The summed E-state index contributed by atoms with van der Waals surface area (Å²) in [5, 5.41) is 5.73. The van der Waals surface area contributed by atoms with Gasteiger partial charge in [0.15, 0.2) is 0 Å². The van der Waals surface area contributed by atoms with Crippen LogP contribution in [-0.2, 0) is 16.1 Å². The summed E-state index contributed by atoms with van der Waals surface area (Å²) in [5.41, 5.74) is 0.923. The Hall–Kier alpha value is -2.04. The second-order valence-electron chi connectivity index (χ2n) is 5.75. The molecule has 1 fully saturated rings. The minimum atomic E-state index is -0.435. The average molecular weight is 304 g/mol. The fourth-order valence-corrected chi connectivity index (χ4v) is 3.05. The van der Waals surface area contributed by atoms with Gasteiger partial charge in [0.2, 0.25) is 11.8 Å². The van der Waals surface area contributed by atoms with Gasteiger partial charge in [0.25, 0.3) is 0 Å². The van der Waals surface area contributed by atoms with Crippen LogP contribution in [0.25, 0.3) is 0 Å². The van der Waals surface area contributed by atoms with Gasteiger partial charge in [0, 0.05) is 19.0 Å². The molecule has 0 aliphatic heterocycles. The van der Waals surface area contributed by atoms with E-state index in [1.54, 1.807) is 7.11 Å². The fraction of sp³-hybridized carbons (Fsp3) is 0.529. The average Bonchev–Trinajstić information content (AvgIpc) is 3.04. The van der Waals surface area contributed by atoms with Crippen LogP contribution in [-0.4, -0.2) is 25.0 Å². The number of carbonyl (C=O) groups is 2. The third-order valence-electron chi connectivity index (χ3n) is 4.16. The van der Waals surface area contributed by atoms with Crippen molar-refractivity contribution in [1.29, 1.82) is 0 Å². The Morgan fingerprint density at radius 2 is 1.95 bits per heavy atom. The molecule has 1 aliphatic carbocycles. The van der Waals surface area contributed by atoms with Crippen molar-refractivity contribution in [3.05, 3.63) is 29.8 Å². The molecular weight excluding hydrogens is 280 g/mol. The lowest BCUT2D eigenvalue weighted by molar-refractivity contribution is -0.129. The predicted molar refractivity (Wildman–Crippen MR) is 84.4 cm³/mol. The Morgan fingerprint density at radius 3 is 2.59 bits per heavy atom. The van der Waals surface area contributed by atoms with E-state index >= 15 is 0 Å². The highest BCUT2D eigenvalue weighted by molar-refractivity contribution is 5.87. The number of benzene rings is 1. The van der Waals surface area contributed by atoms with Gasteiger partial charge in [-0.25, -0.2) is 0 Å². The van der Waals surface area contributed by atoms with Gasteiger partial charge in [-0.05, 0) is 24.8 Å². The van der Waals surface area contributed by atoms with Crippen molar-refractivity contribution in [1.82, 2.24) is 10.6 Å². The smallest absolute Gasteiger partial charge is 0.243 e. The lowest BCUT2D eigenvalue weighted by Crippen LogP contribution is -2.49. The maximum atomic E-state index is 12.5. The Balaban J connectivity index is 1.99. The van der Waals surface area contributed by atoms with Crippen LogP contribution in [0.2, 0.25) is 0 Å². The molecule has 2 amide bonds. The molecule has 2 N–H and O–H groups in total. The standard InChI is InChI=1S/C17H24N2O3/c1-12(20)19-16(13-7-3-4-8-13)17(21)18-11-14-9-5-6-10-15(14)22-2/h5-6,9-10,13,16H,3-4,7-8,11H2,1-2H3,(H,18,21)(H,19,20). The van der Waals surface area contributed by atoms with E-state index in [1.165, 1.54) is 6.92 Å². The van der Waals surface area contributed by atoms with Crippen molar-refractivity contribution in [2.24, 2.45) is 5.92 Å². The van der Waals surface area contributed by atoms with Crippen LogP contribution in [0.15, 0.2) is 24.3 Å². The Labute approximate surface area is 131 Å². The maximum Gasteiger partial charge on any atom is 0.243 e. The molecule has 1 aliphatic rings. The summed E-state index contributed by atoms with van der Waals surface area (Å²) in [6, 6.07) is 7.15. The molecule has 22 heavy (non-hydrogen) atoms. The molecule has 5 nitrogen and oxygen atoms in total. The van der Waals surface area contributed by atoms with Crippen LogP contribution in [0.3, 0.4) is 0 Å². The molecule has 0 heterocycles. The van der Waals surface area contributed by atoms with E-state index in [9.17, 15) is 9.59 Å². The van der Waals surface area contributed by atoms with Crippen molar-refractivity contribution < 1.29 is 14.3 Å². The number of para-hydroxylation sites is 1. The zero-order chi connectivity index (χ0) is 15.9.